The number of para-hydroxylation sites is 1. The average Bonchev–Trinajstić information content (AvgIpc) is 3.14. The minimum Gasteiger partial charge on any atom is -0.444 e. The van der Waals surface area contributed by atoms with Gasteiger partial charge in [0.05, 0.1) is 11.3 Å². The molecule has 144 valence electrons. The Kier molecular flexibility index (Phi) is 6.26. The van der Waals surface area contributed by atoms with Gasteiger partial charge in [-0.05, 0) is 58.2 Å². The summed E-state index contributed by atoms with van der Waals surface area (Å²) in [7, 11) is 1.57. The van der Waals surface area contributed by atoms with Crippen molar-refractivity contribution in [1.29, 1.82) is 0 Å². The number of halogens is 2. The van der Waals surface area contributed by atoms with Gasteiger partial charge in [-0.15, -0.1) is 0 Å². The fourth-order valence-corrected chi connectivity index (χ4v) is 3.08. The number of furan rings is 1. The molecule has 7 heteroatoms. The Balaban J connectivity index is 1.71. The van der Waals surface area contributed by atoms with E-state index in [2.05, 4.69) is 21.2 Å². The molecule has 0 aliphatic carbocycles. The highest BCUT2D eigenvalue weighted by Crippen LogP contribution is 2.23. The lowest BCUT2D eigenvalue weighted by Crippen LogP contribution is -2.31. The van der Waals surface area contributed by atoms with Gasteiger partial charge in [0.2, 0.25) is 0 Å². The van der Waals surface area contributed by atoms with Crippen LogP contribution in [0, 0.1) is 5.82 Å². The molecule has 5 nitrogen and oxygen atoms in total. The number of nitrogens with zero attached hydrogens (tertiary/aromatic N) is 1. The van der Waals surface area contributed by atoms with Crippen LogP contribution in [0.15, 0.2) is 69.8 Å². The summed E-state index contributed by atoms with van der Waals surface area (Å²) >= 11 is 3.17. The van der Waals surface area contributed by atoms with Crippen LogP contribution in [-0.2, 0) is 6.42 Å². The molecule has 0 unspecified atom stereocenters. The van der Waals surface area contributed by atoms with E-state index in [1.165, 1.54) is 11.0 Å². The normalized spacial score (nSPS) is 10.5. The Morgan fingerprint density at radius 2 is 1.79 bits per heavy atom. The van der Waals surface area contributed by atoms with Crippen molar-refractivity contribution in [1.82, 2.24) is 5.32 Å². The molecule has 1 heterocycles. The van der Waals surface area contributed by atoms with E-state index in [1.807, 2.05) is 0 Å². The SMILES string of the molecule is CN(C(=O)c1ccc(Br)o1)c1ccccc1C(=O)NCCc1ccccc1F. The predicted molar refractivity (Wildman–Crippen MR) is 108 cm³/mol. The van der Waals surface area contributed by atoms with Gasteiger partial charge < -0.3 is 14.6 Å². The zero-order valence-corrected chi connectivity index (χ0v) is 16.7. The van der Waals surface area contributed by atoms with E-state index >= 15 is 0 Å². The van der Waals surface area contributed by atoms with Crippen molar-refractivity contribution in [2.45, 2.75) is 6.42 Å². The molecular formula is C21H18BrFN2O3. The average molecular weight is 445 g/mol. The number of hydrogen-bond acceptors (Lipinski definition) is 3. The van der Waals surface area contributed by atoms with Crippen molar-refractivity contribution in [2.75, 3.05) is 18.5 Å². The monoisotopic (exact) mass is 444 g/mol. The molecule has 0 radical (unpaired) electrons. The number of carbonyl (C=O) groups is 2. The molecule has 3 aromatic rings. The summed E-state index contributed by atoms with van der Waals surface area (Å²) in [4.78, 5) is 26.6. The first kappa shape index (κ1) is 19.8. The number of rotatable bonds is 6. The first-order valence-corrected chi connectivity index (χ1v) is 9.40. The van der Waals surface area contributed by atoms with Crippen molar-refractivity contribution in [2.24, 2.45) is 0 Å². The van der Waals surface area contributed by atoms with Gasteiger partial charge in [0.1, 0.15) is 5.82 Å². The van der Waals surface area contributed by atoms with Gasteiger partial charge in [-0.25, -0.2) is 4.39 Å². The van der Waals surface area contributed by atoms with Crippen LogP contribution in [0.4, 0.5) is 10.1 Å². The lowest BCUT2D eigenvalue weighted by molar-refractivity contribution is 0.0954. The second-order valence-electron chi connectivity index (χ2n) is 6.08. The van der Waals surface area contributed by atoms with E-state index in [4.69, 9.17) is 4.42 Å². The van der Waals surface area contributed by atoms with Crippen LogP contribution in [0.3, 0.4) is 0 Å². The lowest BCUT2D eigenvalue weighted by Gasteiger charge is -2.19. The molecule has 0 aliphatic rings. The van der Waals surface area contributed by atoms with Crippen LogP contribution in [0.1, 0.15) is 26.5 Å². The van der Waals surface area contributed by atoms with Crippen molar-refractivity contribution in [3.05, 3.63) is 88.0 Å². The Bertz CT molecular complexity index is 1000. The molecule has 0 atom stereocenters. The second-order valence-corrected chi connectivity index (χ2v) is 6.86. The molecule has 3 rings (SSSR count). The number of anilines is 1. The van der Waals surface area contributed by atoms with Crippen molar-refractivity contribution >= 4 is 33.4 Å². The lowest BCUT2D eigenvalue weighted by atomic mass is 10.1. The molecule has 0 fully saturated rings. The van der Waals surface area contributed by atoms with Crippen LogP contribution >= 0.6 is 15.9 Å². The summed E-state index contributed by atoms with van der Waals surface area (Å²) in [6.45, 7) is 0.275. The van der Waals surface area contributed by atoms with Gasteiger partial charge in [-0.1, -0.05) is 30.3 Å². The molecule has 1 N–H and O–H groups in total. The molecule has 0 saturated heterocycles. The maximum absolute atomic E-state index is 13.7. The number of amides is 2. The molecule has 0 aliphatic heterocycles. The highest BCUT2D eigenvalue weighted by Gasteiger charge is 2.21. The van der Waals surface area contributed by atoms with Crippen LogP contribution in [0.25, 0.3) is 0 Å². The second kappa shape index (κ2) is 8.84. The third-order valence-corrected chi connectivity index (χ3v) is 4.66. The van der Waals surface area contributed by atoms with E-state index in [1.54, 1.807) is 61.6 Å². The topological polar surface area (TPSA) is 62.6 Å². The van der Waals surface area contributed by atoms with E-state index in [9.17, 15) is 14.0 Å². The highest BCUT2D eigenvalue weighted by molar-refractivity contribution is 9.10. The summed E-state index contributed by atoms with van der Waals surface area (Å²) < 4.78 is 19.4. The largest absolute Gasteiger partial charge is 0.444 e. The van der Waals surface area contributed by atoms with Crippen LogP contribution < -0.4 is 10.2 Å². The third kappa shape index (κ3) is 4.48. The molecule has 2 aromatic carbocycles. The van der Waals surface area contributed by atoms with Crippen molar-refractivity contribution in [3.8, 4) is 0 Å². The van der Waals surface area contributed by atoms with Gasteiger partial charge in [0.15, 0.2) is 10.4 Å². The Labute approximate surface area is 170 Å². The quantitative estimate of drug-likeness (QED) is 0.611. The third-order valence-electron chi connectivity index (χ3n) is 4.24. The van der Waals surface area contributed by atoms with Gasteiger partial charge in [-0.2, -0.15) is 0 Å². The first-order chi connectivity index (χ1) is 13.5. The maximum Gasteiger partial charge on any atom is 0.293 e. The zero-order chi connectivity index (χ0) is 20.1. The fourth-order valence-electron chi connectivity index (χ4n) is 2.77. The maximum atomic E-state index is 13.7. The Morgan fingerprint density at radius 1 is 1.07 bits per heavy atom. The van der Waals surface area contributed by atoms with E-state index in [0.717, 1.165) is 0 Å². The number of nitrogens with one attached hydrogen (secondary N) is 1. The number of hydrogen-bond donors (Lipinski definition) is 1. The smallest absolute Gasteiger partial charge is 0.293 e. The minimum absolute atomic E-state index is 0.157. The predicted octanol–water partition coefficient (Wildman–Crippen LogP) is 4.43. The summed E-state index contributed by atoms with van der Waals surface area (Å²) in [6.07, 6.45) is 0.371. The summed E-state index contributed by atoms with van der Waals surface area (Å²) in [5, 5.41) is 2.78. The number of carbonyl (C=O) groups excluding carboxylic acids is 2. The van der Waals surface area contributed by atoms with Gasteiger partial charge in [0, 0.05) is 13.6 Å². The van der Waals surface area contributed by atoms with Gasteiger partial charge in [0.25, 0.3) is 11.8 Å². The minimum atomic E-state index is -0.377. The Hall–Kier alpha value is -2.93. The summed E-state index contributed by atoms with van der Waals surface area (Å²) in [6, 6.07) is 16.4. The van der Waals surface area contributed by atoms with Gasteiger partial charge >= 0.3 is 0 Å². The van der Waals surface area contributed by atoms with Crippen molar-refractivity contribution in [3.63, 3.8) is 0 Å². The standard InChI is InChI=1S/C21H18BrFN2O3/c1-25(21(27)18-10-11-19(22)28-18)17-9-5-3-7-15(17)20(26)24-13-12-14-6-2-4-8-16(14)23/h2-11H,12-13H2,1H3,(H,24,26). The number of benzene rings is 2. The molecule has 0 saturated carbocycles. The first-order valence-electron chi connectivity index (χ1n) is 8.61. The van der Waals surface area contributed by atoms with Crippen LogP contribution in [0.2, 0.25) is 0 Å². The van der Waals surface area contributed by atoms with E-state index in [-0.39, 0.29) is 29.9 Å². The molecular weight excluding hydrogens is 427 g/mol. The van der Waals surface area contributed by atoms with Gasteiger partial charge in [-0.3, -0.25) is 9.59 Å². The molecule has 28 heavy (non-hydrogen) atoms. The molecule has 1 aromatic heterocycles. The van der Waals surface area contributed by atoms with Crippen LogP contribution in [-0.4, -0.2) is 25.4 Å². The van der Waals surface area contributed by atoms with E-state index in [0.29, 0.717) is 27.9 Å². The van der Waals surface area contributed by atoms with Crippen LogP contribution in [0.5, 0.6) is 0 Å². The summed E-state index contributed by atoms with van der Waals surface area (Å²) in [5.41, 5.74) is 1.33. The molecule has 2 amide bonds. The highest BCUT2D eigenvalue weighted by atomic mass is 79.9. The fraction of sp³-hybridized carbons (Fsp3) is 0.143. The Morgan fingerprint density at radius 3 is 2.50 bits per heavy atom. The van der Waals surface area contributed by atoms with Crippen molar-refractivity contribution < 1.29 is 18.4 Å². The zero-order valence-electron chi connectivity index (χ0n) is 15.1. The molecule has 0 spiro atoms. The van der Waals surface area contributed by atoms with E-state index < -0.39 is 0 Å². The summed E-state index contributed by atoms with van der Waals surface area (Å²) in [5.74, 6) is -0.860. The molecule has 0 bridgehead atoms.